The molecule has 2 rings (SSSR count). The first kappa shape index (κ1) is 19.7. The van der Waals surface area contributed by atoms with Crippen molar-refractivity contribution >= 4 is 15.8 Å². The molecule has 9 heteroatoms. The Morgan fingerprint density at radius 2 is 2.08 bits per heavy atom. The van der Waals surface area contributed by atoms with Gasteiger partial charge in [0, 0.05) is 13.0 Å². The minimum Gasteiger partial charge on any atom is -0.464 e. The second-order valence-corrected chi connectivity index (χ2v) is 8.51. The van der Waals surface area contributed by atoms with Crippen molar-refractivity contribution in [1.82, 2.24) is 0 Å². The summed E-state index contributed by atoms with van der Waals surface area (Å²) in [6.07, 6.45) is -5.80. The van der Waals surface area contributed by atoms with Crippen LogP contribution in [0.2, 0.25) is 0 Å². The molecule has 140 valence electrons. The van der Waals surface area contributed by atoms with E-state index >= 15 is 0 Å². The summed E-state index contributed by atoms with van der Waals surface area (Å²) >= 11 is 0. The summed E-state index contributed by atoms with van der Waals surface area (Å²) < 4.78 is 73.2. The standard InChI is InChI=1S/C16H19F3O5S/c1-3-23-14(20)13-10-15(2,7-8-24-13)25(21,22)12-6-4-5-11(9-12)16(17,18)19/h4-6,9,13H,3,7-8,10H2,1-2H3. The number of rotatable bonds is 4. The maximum Gasteiger partial charge on any atom is 0.416 e. The highest BCUT2D eigenvalue weighted by molar-refractivity contribution is 7.92. The van der Waals surface area contributed by atoms with E-state index in [1.807, 2.05) is 0 Å². The van der Waals surface area contributed by atoms with Crippen molar-refractivity contribution in [3.05, 3.63) is 29.8 Å². The predicted molar refractivity (Wildman–Crippen MR) is 82.6 cm³/mol. The van der Waals surface area contributed by atoms with Crippen LogP contribution in [-0.2, 0) is 30.3 Å². The summed E-state index contributed by atoms with van der Waals surface area (Å²) in [6.45, 7) is 3.14. The van der Waals surface area contributed by atoms with Gasteiger partial charge >= 0.3 is 12.1 Å². The monoisotopic (exact) mass is 380 g/mol. The molecule has 1 aromatic carbocycles. The van der Waals surface area contributed by atoms with Gasteiger partial charge in [-0.25, -0.2) is 13.2 Å². The van der Waals surface area contributed by atoms with Crippen molar-refractivity contribution in [3.8, 4) is 0 Å². The topological polar surface area (TPSA) is 69.7 Å². The molecule has 1 aliphatic rings. The van der Waals surface area contributed by atoms with E-state index < -0.39 is 43.3 Å². The van der Waals surface area contributed by atoms with Gasteiger partial charge < -0.3 is 9.47 Å². The van der Waals surface area contributed by atoms with Gasteiger partial charge in [0.05, 0.1) is 21.8 Å². The van der Waals surface area contributed by atoms with E-state index in [2.05, 4.69) is 0 Å². The minimum absolute atomic E-state index is 0.00181. The predicted octanol–water partition coefficient (Wildman–Crippen LogP) is 2.98. The highest BCUT2D eigenvalue weighted by Gasteiger charge is 2.47. The molecule has 5 nitrogen and oxygen atoms in total. The average Bonchev–Trinajstić information content (AvgIpc) is 2.54. The Bertz CT molecular complexity index is 744. The Hall–Kier alpha value is -1.61. The second-order valence-electron chi connectivity index (χ2n) is 6.04. The number of hydrogen-bond acceptors (Lipinski definition) is 5. The third-order valence-electron chi connectivity index (χ3n) is 4.24. The van der Waals surface area contributed by atoms with Gasteiger partial charge in [0.15, 0.2) is 15.9 Å². The molecular weight excluding hydrogens is 361 g/mol. The average molecular weight is 380 g/mol. The quantitative estimate of drug-likeness (QED) is 0.751. The summed E-state index contributed by atoms with van der Waals surface area (Å²) in [7, 11) is -4.11. The number of sulfone groups is 1. The van der Waals surface area contributed by atoms with Gasteiger partial charge in [0.2, 0.25) is 0 Å². The van der Waals surface area contributed by atoms with Crippen molar-refractivity contribution in [2.45, 2.75) is 48.6 Å². The molecule has 0 radical (unpaired) electrons. The van der Waals surface area contributed by atoms with Gasteiger partial charge in [-0.15, -0.1) is 0 Å². The zero-order chi connectivity index (χ0) is 18.9. The number of ether oxygens (including phenoxy) is 2. The number of alkyl halides is 3. The lowest BCUT2D eigenvalue weighted by Crippen LogP contribution is -2.47. The van der Waals surface area contributed by atoms with E-state index in [1.54, 1.807) is 6.92 Å². The zero-order valence-electron chi connectivity index (χ0n) is 13.8. The lowest BCUT2D eigenvalue weighted by atomic mass is 9.96. The van der Waals surface area contributed by atoms with Crippen LogP contribution in [0, 0.1) is 0 Å². The third-order valence-corrected chi connectivity index (χ3v) is 6.78. The van der Waals surface area contributed by atoms with E-state index in [0.717, 1.165) is 18.2 Å². The first-order valence-corrected chi connectivity index (χ1v) is 9.20. The highest BCUT2D eigenvalue weighted by atomic mass is 32.2. The molecule has 1 fully saturated rings. The second kappa shape index (κ2) is 6.95. The molecule has 2 atom stereocenters. The number of halogens is 3. The van der Waals surface area contributed by atoms with Crippen molar-refractivity contribution in [2.24, 2.45) is 0 Å². The largest absolute Gasteiger partial charge is 0.464 e. The first-order chi connectivity index (χ1) is 11.5. The van der Waals surface area contributed by atoms with Crippen LogP contribution in [0.15, 0.2) is 29.2 Å². The third kappa shape index (κ3) is 3.98. The number of esters is 1. The molecule has 1 heterocycles. The molecule has 0 aromatic heterocycles. The number of carbonyl (C=O) groups excluding carboxylic acids is 1. The molecule has 2 unspecified atom stereocenters. The molecule has 1 saturated heterocycles. The smallest absolute Gasteiger partial charge is 0.416 e. The van der Waals surface area contributed by atoms with Gasteiger partial charge in [-0.3, -0.25) is 0 Å². The fraction of sp³-hybridized carbons (Fsp3) is 0.562. The molecule has 0 bridgehead atoms. The Balaban J connectivity index is 2.36. The van der Waals surface area contributed by atoms with Crippen LogP contribution in [-0.4, -0.2) is 38.5 Å². The molecule has 0 aliphatic carbocycles. The molecule has 0 N–H and O–H groups in total. The van der Waals surface area contributed by atoms with Gasteiger partial charge in [0.1, 0.15) is 0 Å². The summed E-state index contributed by atoms with van der Waals surface area (Å²) in [6, 6.07) is 3.62. The molecule has 0 amide bonds. The van der Waals surface area contributed by atoms with Crippen LogP contribution in [0.5, 0.6) is 0 Å². The number of benzene rings is 1. The fourth-order valence-electron chi connectivity index (χ4n) is 2.72. The van der Waals surface area contributed by atoms with Crippen molar-refractivity contribution in [3.63, 3.8) is 0 Å². The fourth-order valence-corrected chi connectivity index (χ4v) is 4.56. The minimum atomic E-state index is -4.64. The maximum atomic E-state index is 12.9. The van der Waals surface area contributed by atoms with Crippen molar-refractivity contribution < 1.29 is 35.9 Å². The molecule has 1 aliphatic heterocycles. The highest BCUT2D eigenvalue weighted by Crippen LogP contribution is 2.38. The summed E-state index contributed by atoms with van der Waals surface area (Å²) in [5.41, 5.74) is -1.04. The zero-order valence-corrected chi connectivity index (χ0v) is 14.6. The van der Waals surface area contributed by atoms with Crippen LogP contribution in [0.25, 0.3) is 0 Å². The van der Waals surface area contributed by atoms with Gasteiger partial charge in [-0.1, -0.05) is 6.07 Å². The van der Waals surface area contributed by atoms with E-state index in [-0.39, 0.29) is 26.1 Å². The van der Waals surface area contributed by atoms with Crippen molar-refractivity contribution in [2.75, 3.05) is 13.2 Å². The first-order valence-electron chi connectivity index (χ1n) is 7.71. The van der Waals surface area contributed by atoms with Crippen LogP contribution >= 0.6 is 0 Å². The summed E-state index contributed by atoms with van der Waals surface area (Å²) in [4.78, 5) is 11.4. The molecule has 0 spiro atoms. The number of carbonyl (C=O) groups is 1. The van der Waals surface area contributed by atoms with Crippen LogP contribution < -0.4 is 0 Å². The number of hydrogen-bond donors (Lipinski definition) is 0. The maximum absolute atomic E-state index is 12.9. The van der Waals surface area contributed by atoms with Crippen LogP contribution in [0.1, 0.15) is 32.3 Å². The summed E-state index contributed by atoms with van der Waals surface area (Å²) in [5.74, 6) is -0.673. The van der Waals surface area contributed by atoms with Crippen LogP contribution in [0.4, 0.5) is 13.2 Å². The molecular formula is C16H19F3O5S. The van der Waals surface area contributed by atoms with E-state index in [4.69, 9.17) is 9.47 Å². The van der Waals surface area contributed by atoms with E-state index in [1.165, 1.54) is 6.92 Å². The van der Waals surface area contributed by atoms with E-state index in [9.17, 15) is 26.4 Å². The van der Waals surface area contributed by atoms with Crippen molar-refractivity contribution in [1.29, 1.82) is 0 Å². The van der Waals surface area contributed by atoms with Gasteiger partial charge in [-0.05, 0) is 38.5 Å². The molecule has 25 heavy (non-hydrogen) atoms. The Morgan fingerprint density at radius 1 is 1.40 bits per heavy atom. The Labute approximate surface area is 144 Å². The Kier molecular flexibility index (Phi) is 5.48. The van der Waals surface area contributed by atoms with Gasteiger partial charge in [0.25, 0.3) is 0 Å². The summed E-state index contributed by atoms with van der Waals surface area (Å²) in [5, 5.41) is 0. The van der Waals surface area contributed by atoms with Gasteiger partial charge in [-0.2, -0.15) is 13.2 Å². The Morgan fingerprint density at radius 3 is 2.68 bits per heavy atom. The van der Waals surface area contributed by atoms with Crippen LogP contribution in [0.3, 0.4) is 0 Å². The molecule has 0 saturated carbocycles. The van der Waals surface area contributed by atoms with E-state index in [0.29, 0.717) is 6.07 Å². The molecule has 1 aromatic rings. The SMILES string of the molecule is CCOC(=O)C1CC(C)(S(=O)(=O)c2cccc(C(F)(F)F)c2)CCO1. The lowest BCUT2D eigenvalue weighted by molar-refractivity contribution is -0.160. The normalized spacial score (nSPS) is 24.8. The lowest BCUT2D eigenvalue weighted by Gasteiger charge is -2.36.